The van der Waals surface area contributed by atoms with Crippen LogP contribution in [0, 0.1) is 5.92 Å². The van der Waals surface area contributed by atoms with Crippen molar-refractivity contribution in [2.75, 3.05) is 19.3 Å². The minimum Gasteiger partial charge on any atom is -0.354 e. The lowest BCUT2D eigenvalue weighted by molar-refractivity contribution is -0.141. The van der Waals surface area contributed by atoms with Crippen molar-refractivity contribution in [2.24, 2.45) is 5.92 Å². The first-order valence-electron chi connectivity index (χ1n) is 13.4. The van der Waals surface area contributed by atoms with E-state index in [1.54, 1.807) is 24.3 Å². The van der Waals surface area contributed by atoms with Gasteiger partial charge in [0.05, 0.1) is 12.8 Å². The summed E-state index contributed by atoms with van der Waals surface area (Å²) < 4.78 is 26.7. The van der Waals surface area contributed by atoms with Crippen molar-refractivity contribution in [1.82, 2.24) is 14.5 Å². The van der Waals surface area contributed by atoms with Gasteiger partial charge in [-0.15, -0.1) is 0 Å². The SMILES string of the molecule is CC(C)CCNC(=O)C(Cc1ccccc1)N(Cc1ccc(Cl)cc1)C(=O)CN(Cc1ccccc1)S(C)(=O)=O. The fraction of sp³-hybridized carbons (Fsp3) is 0.355. The average Bonchev–Trinajstić information content (AvgIpc) is 2.91. The van der Waals surface area contributed by atoms with Crippen molar-refractivity contribution in [3.05, 3.63) is 107 Å². The highest BCUT2D eigenvalue weighted by molar-refractivity contribution is 7.88. The third-order valence-electron chi connectivity index (χ3n) is 6.54. The molecule has 0 saturated heterocycles. The van der Waals surface area contributed by atoms with Crippen molar-refractivity contribution >= 4 is 33.4 Å². The van der Waals surface area contributed by atoms with Crippen LogP contribution >= 0.6 is 11.6 Å². The van der Waals surface area contributed by atoms with Crippen LogP contribution in [-0.4, -0.2) is 54.8 Å². The number of amides is 2. The zero-order valence-electron chi connectivity index (χ0n) is 23.3. The van der Waals surface area contributed by atoms with E-state index in [4.69, 9.17) is 11.6 Å². The number of halogens is 1. The standard InChI is InChI=1S/C31H38ClN3O4S/c1-24(2)18-19-33-31(37)29(20-25-10-6-4-7-11-25)35(22-27-14-16-28(32)17-15-27)30(36)23-34(40(3,38)39)21-26-12-8-5-9-13-26/h4-17,24,29H,18-23H2,1-3H3,(H,33,37). The topological polar surface area (TPSA) is 86.8 Å². The maximum absolute atomic E-state index is 14.0. The molecule has 214 valence electrons. The first-order chi connectivity index (χ1) is 19.0. The van der Waals surface area contributed by atoms with Crippen LogP contribution in [0.3, 0.4) is 0 Å². The minimum atomic E-state index is -3.73. The van der Waals surface area contributed by atoms with Gasteiger partial charge in [-0.05, 0) is 41.2 Å². The van der Waals surface area contributed by atoms with Gasteiger partial charge in [-0.3, -0.25) is 9.59 Å². The number of benzene rings is 3. The molecule has 0 bridgehead atoms. The smallest absolute Gasteiger partial charge is 0.243 e. The van der Waals surface area contributed by atoms with Gasteiger partial charge in [0.1, 0.15) is 6.04 Å². The predicted octanol–water partition coefficient (Wildman–Crippen LogP) is 4.90. The van der Waals surface area contributed by atoms with E-state index >= 15 is 0 Å². The number of sulfonamides is 1. The van der Waals surface area contributed by atoms with Crippen molar-refractivity contribution in [3.8, 4) is 0 Å². The van der Waals surface area contributed by atoms with Crippen LogP contribution in [0.2, 0.25) is 5.02 Å². The molecule has 0 fully saturated rings. The number of nitrogens with zero attached hydrogens (tertiary/aromatic N) is 2. The Morgan fingerprint density at radius 1 is 0.825 bits per heavy atom. The number of rotatable bonds is 14. The molecule has 0 aliphatic heterocycles. The molecule has 40 heavy (non-hydrogen) atoms. The molecule has 0 radical (unpaired) electrons. The first kappa shape index (κ1) is 31.3. The first-order valence-corrected chi connectivity index (χ1v) is 15.6. The van der Waals surface area contributed by atoms with E-state index in [9.17, 15) is 18.0 Å². The van der Waals surface area contributed by atoms with Crippen LogP contribution in [0.15, 0.2) is 84.9 Å². The van der Waals surface area contributed by atoms with Crippen LogP contribution in [0.4, 0.5) is 0 Å². The van der Waals surface area contributed by atoms with Gasteiger partial charge in [-0.2, -0.15) is 4.31 Å². The summed E-state index contributed by atoms with van der Waals surface area (Å²) in [5.41, 5.74) is 2.43. The average molecular weight is 584 g/mol. The lowest BCUT2D eigenvalue weighted by Gasteiger charge is -2.33. The summed E-state index contributed by atoms with van der Waals surface area (Å²) >= 11 is 6.09. The van der Waals surface area contributed by atoms with E-state index < -0.39 is 28.5 Å². The molecular weight excluding hydrogens is 546 g/mol. The highest BCUT2D eigenvalue weighted by atomic mass is 35.5. The summed E-state index contributed by atoms with van der Waals surface area (Å²) in [6, 6.07) is 24.8. The van der Waals surface area contributed by atoms with Gasteiger partial charge in [-0.25, -0.2) is 8.42 Å². The van der Waals surface area contributed by atoms with Gasteiger partial charge in [-0.1, -0.05) is 98.2 Å². The Morgan fingerprint density at radius 3 is 1.93 bits per heavy atom. The molecule has 9 heteroatoms. The zero-order chi connectivity index (χ0) is 29.1. The van der Waals surface area contributed by atoms with E-state index in [2.05, 4.69) is 19.2 Å². The van der Waals surface area contributed by atoms with Gasteiger partial charge in [0.2, 0.25) is 21.8 Å². The Hall–Kier alpha value is -3.20. The number of carbonyl (C=O) groups excluding carboxylic acids is 2. The molecule has 0 heterocycles. The molecule has 0 aliphatic rings. The third-order valence-corrected chi connectivity index (χ3v) is 7.99. The second-order valence-electron chi connectivity index (χ2n) is 10.3. The van der Waals surface area contributed by atoms with Crippen molar-refractivity contribution in [1.29, 1.82) is 0 Å². The third kappa shape index (κ3) is 10.1. The van der Waals surface area contributed by atoms with Crippen LogP contribution in [0.25, 0.3) is 0 Å². The number of carbonyl (C=O) groups is 2. The molecule has 0 saturated carbocycles. The maximum atomic E-state index is 14.0. The molecule has 1 atom stereocenters. The minimum absolute atomic E-state index is 0.0458. The summed E-state index contributed by atoms with van der Waals surface area (Å²) in [6.45, 7) is 4.41. The van der Waals surface area contributed by atoms with Gasteiger partial charge < -0.3 is 10.2 Å². The molecule has 0 spiro atoms. The molecule has 3 aromatic carbocycles. The highest BCUT2D eigenvalue weighted by Crippen LogP contribution is 2.18. The van der Waals surface area contributed by atoms with Gasteiger partial charge in [0.15, 0.2) is 0 Å². The van der Waals surface area contributed by atoms with E-state index in [0.717, 1.165) is 33.7 Å². The molecule has 0 aliphatic carbocycles. The summed E-state index contributed by atoms with van der Waals surface area (Å²) in [5.74, 6) is -0.335. The molecule has 7 nitrogen and oxygen atoms in total. The normalized spacial score (nSPS) is 12.3. The lowest BCUT2D eigenvalue weighted by Crippen LogP contribution is -2.53. The number of hydrogen-bond acceptors (Lipinski definition) is 4. The Morgan fingerprint density at radius 2 is 1.38 bits per heavy atom. The summed E-state index contributed by atoms with van der Waals surface area (Å²) in [4.78, 5) is 29.1. The van der Waals surface area contributed by atoms with Gasteiger partial charge in [0, 0.05) is 31.1 Å². The largest absolute Gasteiger partial charge is 0.354 e. The molecule has 0 aromatic heterocycles. The van der Waals surface area contributed by atoms with Crippen LogP contribution in [-0.2, 0) is 39.1 Å². The van der Waals surface area contributed by atoms with Crippen molar-refractivity contribution in [2.45, 2.75) is 45.8 Å². The quantitative estimate of drug-likeness (QED) is 0.292. The number of hydrogen-bond donors (Lipinski definition) is 1. The Bertz CT molecular complexity index is 1330. The Balaban J connectivity index is 1.97. The van der Waals surface area contributed by atoms with Gasteiger partial charge >= 0.3 is 0 Å². The predicted molar refractivity (Wildman–Crippen MR) is 160 cm³/mol. The van der Waals surface area contributed by atoms with Crippen LogP contribution in [0.5, 0.6) is 0 Å². The molecule has 3 aromatic rings. The molecule has 1 unspecified atom stereocenters. The zero-order valence-corrected chi connectivity index (χ0v) is 24.9. The van der Waals surface area contributed by atoms with E-state index in [-0.39, 0.29) is 25.4 Å². The second kappa shape index (κ2) is 15.0. The number of nitrogens with one attached hydrogen (secondary N) is 1. The van der Waals surface area contributed by atoms with Gasteiger partial charge in [0.25, 0.3) is 0 Å². The van der Waals surface area contributed by atoms with Crippen molar-refractivity contribution < 1.29 is 18.0 Å². The highest BCUT2D eigenvalue weighted by Gasteiger charge is 2.32. The summed E-state index contributed by atoms with van der Waals surface area (Å²) in [6.07, 6.45) is 2.17. The fourth-order valence-corrected chi connectivity index (χ4v) is 5.12. The summed E-state index contributed by atoms with van der Waals surface area (Å²) in [5, 5.41) is 3.56. The molecule has 3 rings (SSSR count). The Labute approximate surface area is 243 Å². The maximum Gasteiger partial charge on any atom is 0.243 e. The van der Waals surface area contributed by atoms with Crippen LogP contribution < -0.4 is 5.32 Å². The van der Waals surface area contributed by atoms with Crippen molar-refractivity contribution in [3.63, 3.8) is 0 Å². The summed E-state index contributed by atoms with van der Waals surface area (Å²) in [7, 11) is -3.73. The lowest BCUT2D eigenvalue weighted by atomic mass is 10.0. The van der Waals surface area contributed by atoms with E-state index in [0.29, 0.717) is 17.5 Å². The molecule has 1 N–H and O–H groups in total. The van der Waals surface area contributed by atoms with E-state index in [1.807, 2.05) is 60.7 Å². The van der Waals surface area contributed by atoms with E-state index in [1.165, 1.54) is 4.90 Å². The molecular formula is C31H38ClN3O4S. The monoisotopic (exact) mass is 583 g/mol. The Kier molecular flexibility index (Phi) is 11.7. The second-order valence-corrected chi connectivity index (χ2v) is 12.8. The molecule has 2 amide bonds. The fourth-order valence-electron chi connectivity index (χ4n) is 4.26. The van der Waals surface area contributed by atoms with Crippen LogP contribution in [0.1, 0.15) is 37.0 Å².